The molecule has 2 N–H and O–H groups in total. The first-order valence-electron chi connectivity index (χ1n) is 7.86. The lowest BCUT2D eigenvalue weighted by molar-refractivity contribution is -0.113. The summed E-state index contributed by atoms with van der Waals surface area (Å²) >= 11 is 1.21. The highest BCUT2D eigenvalue weighted by molar-refractivity contribution is 7.99. The number of carbonyl (C=O) groups is 1. The number of aryl methyl sites for hydroxylation is 1. The van der Waals surface area contributed by atoms with E-state index in [4.69, 9.17) is 4.74 Å². The van der Waals surface area contributed by atoms with Gasteiger partial charge in [0, 0.05) is 17.4 Å². The number of hydrogen-bond acceptors (Lipinski definition) is 5. The lowest BCUT2D eigenvalue weighted by Gasteiger charge is -2.07. The summed E-state index contributed by atoms with van der Waals surface area (Å²) in [6.07, 6.45) is 1.66. The molecule has 128 valence electrons. The number of thioether (sulfide) groups is 1. The summed E-state index contributed by atoms with van der Waals surface area (Å²) in [6.45, 7) is 4.55. The second kappa shape index (κ2) is 9.12. The van der Waals surface area contributed by atoms with Crippen LogP contribution in [0.25, 0.3) is 0 Å². The Kier molecular flexibility index (Phi) is 6.87. The van der Waals surface area contributed by atoms with E-state index in [0.29, 0.717) is 17.5 Å². The third-order valence-electron chi connectivity index (χ3n) is 3.07. The molecule has 1 aromatic heterocycles. The monoisotopic (exact) mass is 347 g/mol. The van der Waals surface area contributed by atoms with Gasteiger partial charge in [-0.05, 0) is 37.6 Å². The van der Waals surface area contributed by atoms with Gasteiger partial charge in [-0.25, -0.2) is 4.98 Å². The van der Waals surface area contributed by atoms with Crippen molar-refractivity contribution in [3.05, 3.63) is 46.4 Å². The summed E-state index contributed by atoms with van der Waals surface area (Å²) in [4.78, 5) is 30.6. The second-order valence-electron chi connectivity index (χ2n) is 5.09. The average Bonchev–Trinajstić information content (AvgIpc) is 2.55. The third kappa shape index (κ3) is 5.73. The van der Waals surface area contributed by atoms with Crippen LogP contribution in [0.15, 0.2) is 40.3 Å². The minimum Gasteiger partial charge on any atom is -0.494 e. The fourth-order valence-corrected chi connectivity index (χ4v) is 2.76. The minimum absolute atomic E-state index is 0.160. The number of nitrogens with zero attached hydrogens (tertiary/aromatic N) is 1. The molecular formula is C17H21N3O3S. The van der Waals surface area contributed by atoms with Crippen molar-refractivity contribution in [2.45, 2.75) is 31.8 Å². The molecule has 2 aromatic rings. The number of aromatic amines is 1. The maximum absolute atomic E-state index is 12.0. The van der Waals surface area contributed by atoms with Crippen molar-refractivity contribution < 1.29 is 9.53 Å². The molecular weight excluding hydrogens is 326 g/mol. The molecule has 24 heavy (non-hydrogen) atoms. The summed E-state index contributed by atoms with van der Waals surface area (Å²) in [5.74, 6) is 0.776. The van der Waals surface area contributed by atoms with Crippen LogP contribution in [0.3, 0.4) is 0 Å². The molecule has 0 atom stereocenters. The molecule has 7 heteroatoms. The summed E-state index contributed by atoms with van der Waals surface area (Å²) in [6, 6.07) is 8.68. The lowest BCUT2D eigenvalue weighted by Crippen LogP contribution is -2.15. The molecule has 0 radical (unpaired) electrons. The van der Waals surface area contributed by atoms with Crippen LogP contribution in [-0.2, 0) is 11.2 Å². The molecule has 0 aliphatic heterocycles. The van der Waals surface area contributed by atoms with Gasteiger partial charge in [-0.2, -0.15) is 0 Å². The molecule has 0 aliphatic rings. The number of aromatic nitrogens is 2. The van der Waals surface area contributed by atoms with Crippen molar-refractivity contribution in [3.8, 4) is 5.75 Å². The van der Waals surface area contributed by atoms with Gasteiger partial charge in [-0.3, -0.25) is 9.59 Å². The number of amides is 1. The van der Waals surface area contributed by atoms with E-state index < -0.39 is 0 Å². The van der Waals surface area contributed by atoms with Gasteiger partial charge in [0.1, 0.15) is 5.75 Å². The molecule has 0 fully saturated rings. The number of rotatable bonds is 8. The van der Waals surface area contributed by atoms with E-state index in [1.54, 1.807) is 24.3 Å². The highest BCUT2D eigenvalue weighted by Crippen LogP contribution is 2.17. The molecule has 0 bridgehead atoms. The van der Waals surface area contributed by atoms with Crippen LogP contribution in [0.4, 0.5) is 5.69 Å². The second-order valence-corrected chi connectivity index (χ2v) is 6.05. The molecule has 0 unspecified atom stereocenters. The normalized spacial score (nSPS) is 10.4. The zero-order valence-electron chi connectivity index (χ0n) is 13.8. The van der Waals surface area contributed by atoms with E-state index in [-0.39, 0.29) is 17.2 Å². The van der Waals surface area contributed by atoms with Gasteiger partial charge in [0.2, 0.25) is 5.91 Å². The minimum atomic E-state index is -0.192. The molecule has 0 saturated heterocycles. The van der Waals surface area contributed by atoms with E-state index in [1.165, 1.54) is 17.8 Å². The van der Waals surface area contributed by atoms with E-state index in [0.717, 1.165) is 24.3 Å². The van der Waals surface area contributed by atoms with Crippen LogP contribution in [0.5, 0.6) is 5.75 Å². The van der Waals surface area contributed by atoms with Crippen molar-refractivity contribution in [1.82, 2.24) is 9.97 Å². The predicted octanol–water partition coefficient (Wildman–Crippen LogP) is 2.85. The smallest absolute Gasteiger partial charge is 0.251 e. The van der Waals surface area contributed by atoms with Gasteiger partial charge in [0.15, 0.2) is 5.16 Å². The fourth-order valence-electron chi connectivity index (χ4n) is 2.07. The number of H-pyrrole nitrogens is 1. The summed E-state index contributed by atoms with van der Waals surface area (Å²) in [5.41, 5.74) is 1.25. The van der Waals surface area contributed by atoms with Crippen LogP contribution in [0.2, 0.25) is 0 Å². The zero-order chi connectivity index (χ0) is 17.4. The first-order valence-corrected chi connectivity index (χ1v) is 8.85. The number of benzene rings is 1. The topological polar surface area (TPSA) is 84.1 Å². The number of anilines is 1. The molecule has 2 rings (SSSR count). The van der Waals surface area contributed by atoms with Gasteiger partial charge in [-0.1, -0.05) is 25.1 Å². The van der Waals surface area contributed by atoms with E-state index in [1.807, 2.05) is 13.8 Å². The van der Waals surface area contributed by atoms with Crippen molar-refractivity contribution in [1.29, 1.82) is 0 Å². The molecule has 1 aromatic carbocycles. The highest BCUT2D eigenvalue weighted by Gasteiger charge is 2.07. The Morgan fingerprint density at radius 3 is 2.71 bits per heavy atom. The Labute approximate surface area is 145 Å². The maximum atomic E-state index is 12.0. The highest BCUT2D eigenvalue weighted by atomic mass is 32.2. The van der Waals surface area contributed by atoms with Crippen molar-refractivity contribution >= 4 is 23.4 Å². The van der Waals surface area contributed by atoms with E-state index in [9.17, 15) is 9.59 Å². The molecule has 6 nitrogen and oxygen atoms in total. The zero-order valence-corrected chi connectivity index (χ0v) is 14.6. The Hall–Kier alpha value is -2.28. The van der Waals surface area contributed by atoms with Crippen molar-refractivity contribution in [2.75, 3.05) is 17.7 Å². The van der Waals surface area contributed by atoms with Crippen LogP contribution in [0, 0.1) is 0 Å². The van der Waals surface area contributed by atoms with Crippen LogP contribution in [0.1, 0.15) is 26.0 Å². The third-order valence-corrected chi connectivity index (χ3v) is 3.94. The quantitative estimate of drug-likeness (QED) is 0.567. The lowest BCUT2D eigenvalue weighted by atomic mass is 10.2. The standard InChI is InChI=1S/C17H21N3O3S/c1-3-5-13-10-15(21)20-17(19-13)24-11-16(22)18-12-6-8-14(9-7-12)23-4-2/h6-10H,3-5,11H2,1-2H3,(H,18,22)(H,19,20,21). The fraction of sp³-hybridized carbons (Fsp3) is 0.353. The van der Waals surface area contributed by atoms with Gasteiger partial charge in [0.05, 0.1) is 12.4 Å². The average molecular weight is 347 g/mol. The maximum Gasteiger partial charge on any atom is 0.251 e. The Morgan fingerprint density at radius 2 is 2.04 bits per heavy atom. The number of hydrogen-bond donors (Lipinski definition) is 2. The number of nitrogens with one attached hydrogen (secondary N) is 2. The molecule has 0 saturated carbocycles. The van der Waals surface area contributed by atoms with Gasteiger partial charge < -0.3 is 15.0 Å². The van der Waals surface area contributed by atoms with Gasteiger partial charge in [-0.15, -0.1) is 0 Å². The Bertz CT molecular complexity index is 729. The van der Waals surface area contributed by atoms with Crippen molar-refractivity contribution in [2.24, 2.45) is 0 Å². The molecule has 0 spiro atoms. The Morgan fingerprint density at radius 1 is 1.29 bits per heavy atom. The molecule has 1 amide bonds. The first kappa shape index (κ1) is 18.1. The molecule has 1 heterocycles. The van der Waals surface area contributed by atoms with Gasteiger partial charge in [0.25, 0.3) is 5.56 Å². The first-order chi connectivity index (χ1) is 11.6. The SMILES string of the molecule is CCCc1cc(=O)[nH]c(SCC(=O)Nc2ccc(OCC)cc2)n1. The van der Waals surface area contributed by atoms with Crippen LogP contribution < -0.4 is 15.6 Å². The predicted molar refractivity (Wildman–Crippen MR) is 95.8 cm³/mol. The van der Waals surface area contributed by atoms with Crippen LogP contribution >= 0.6 is 11.8 Å². The number of ether oxygens (including phenoxy) is 1. The molecule has 0 aliphatic carbocycles. The van der Waals surface area contributed by atoms with E-state index >= 15 is 0 Å². The Balaban J connectivity index is 1.89. The summed E-state index contributed by atoms with van der Waals surface area (Å²) in [7, 11) is 0. The van der Waals surface area contributed by atoms with Gasteiger partial charge >= 0.3 is 0 Å². The summed E-state index contributed by atoms with van der Waals surface area (Å²) in [5, 5.41) is 3.27. The summed E-state index contributed by atoms with van der Waals surface area (Å²) < 4.78 is 5.35. The van der Waals surface area contributed by atoms with Crippen LogP contribution in [-0.4, -0.2) is 28.2 Å². The largest absolute Gasteiger partial charge is 0.494 e. The van der Waals surface area contributed by atoms with E-state index in [2.05, 4.69) is 15.3 Å². The number of carbonyl (C=O) groups excluding carboxylic acids is 1. The van der Waals surface area contributed by atoms with Crippen molar-refractivity contribution in [3.63, 3.8) is 0 Å².